The van der Waals surface area contributed by atoms with Gasteiger partial charge in [0, 0.05) is 26.6 Å². The molecule has 136 valence electrons. The Bertz CT molecular complexity index is 680. The van der Waals surface area contributed by atoms with Crippen LogP contribution in [0.25, 0.3) is 0 Å². The Labute approximate surface area is 153 Å². The number of carbonyl (C=O) groups excluding carboxylic acids is 1. The highest BCUT2D eigenvalue weighted by molar-refractivity contribution is 7.12. The van der Waals surface area contributed by atoms with E-state index in [9.17, 15) is 4.79 Å². The molecule has 1 aromatic carbocycles. The van der Waals surface area contributed by atoms with Gasteiger partial charge in [0.05, 0.1) is 6.61 Å². The summed E-state index contributed by atoms with van der Waals surface area (Å²) < 4.78 is 11.1. The lowest BCUT2D eigenvalue weighted by Crippen LogP contribution is -2.25. The third kappa shape index (κ3) is 5.76. The van der Waals surface area contributed by atoms with Crippen molar-refractivity contribution >= 4 is 17.4 Å². The molecule has 1 heterocycles. The van der Waals surface area contributed by atoms with E-state index in [0.29, 0.717) is 12.4 Å². The van der Waals surface area contributed by atoms with E-state index in [1.165, 1.54) is 16.0 Å². The van der Waals surface area contributed by atoms with Crippen LogP contribution in [0.1, 0.15) is 23.6 Å². The standard InChI is InChI=1S/C19H26N2O3S/c1-14-12-18(25-13-14)23-11-10-17(20(2)3)15-6-8-16(9-7-15)24-19(22)21(4)5/h6-9,12-13,17H,10-11H2,1-5H3. The zero-order chi connectivity index (χ0) is 18.4. The van der Waals surface area contributed by atoms with Crippen molar-refractivity contribution in [1.82, 2.24) is 9.80 Å². The molecule has 0 aliphatic carbocycles. The molecule has 0 bridgehead atoms. The summed E-state index contributed by atoms with van der Waals surface area (Å²) in [7, 11) is 7.43. The number of nitrogens with zero attached hydrogens (tertiary/aromatic N) is 2. The lowest BCUT2D eigenvalue weighted by Gasteiger charge is -2.25. The van der Waals surface area contributed by atoms with Crippen LogP contribution in [-0.4, -0.2) is 50.7 Å². The zero-order valence-electron chi connectivity index (χ0n) is 15.5. The highest BCUT2D eigenvalue weighted by Gasteiger charge is 2.15. The minimum absolute atomic E-state index is 0.236. The number of ether oxygens (including phenoxy) is 2. The molecule has 1 unspecified atom stereocenters. The van der Waals surface area contributed by atoms with E-state index in [1.54, 1.807) is 25.4 Å². The first-order valence-corrected chi connectivity index (χ1v) is 9.08. The topological polar surface area (TPSA) is 42.0 Å². The average Bonchev–Trinajstić information content (AvgIpc) is 2.97. The summed E-state index contributed by atoms with van der Waals surface area (Å²) in [6.45, 7) is 2.72. The van der Waals surface area contributed by atoms with Crippen LogP contribution < -0.4 is 9.47 Å². The molecule has 2 rings (SSSR count). The zero-order valence-corrected chi connectivity index (χ0v) is 16.3. The van der Waals surface area contributed by atoms with Gasteiger partial charge in [0.25, 0.3) is 0 Å². The van der Waals surface area contributed by atoms with E-state index in [1.807, 2.05) is 24.3 Å². The summed E-state index contributed by atoms with van der Waals surface area (Å²) >= 11 is 1.63. The molecule has 0 fully saturated rings. The molecular weight excluding hydrogens is 336 g/mol. The maximum Gasteiger partial charge on any atom is 0.414 e. The SMILES string of the molecule is Cc1csc(OCCC(c2ccc(OC(=O)N(C)C)cc2)N(C)C)c1. The van der Waals surface area contributed by atoms with Crippen LogP contribution in [0.15, 0.2) is 35.7 Å². The number of carbonyl (C=O) groups is 1. The van der Waals surface area contributed by atoms with Gasteiger partial charge in [0.2, 0.25) is 0 Å². The van der Waals surface area contributed by atoms with E-state index in [0.717, 1.165) is 11.5 Å². The van der Waals surface area contributed by atoms with Crippen molar-refractivity contribution < 1.29 is 14.3 Å². The quantitative estimate of drug-likeness (QED) is 0.741. The Kier molecular flexibility index (Phi) is 6.84. The summed E-state index contributed by atoms with van der Waals surface area (Å²) in [5.41, 5.74) is 2.40. The molecule has 0 spiro atoms. The van der Waals surface area contributed by atoms with Gasteiger partial charge in [-0.25, -0.2) is 4.79 Å². The van der Waals surface area contributed by atoms with Crippen LogP contribution in [0.4, 0.5) is 4.79 Å². The van der Waals surface area contributed by atoms with E-state index in [4.69, 9.17) is 9.47 Å². The van der Waals surface area contributed by atoms with Crippen molar-refractivity contribution in [3.63, 3.8) is 0 Å². The molecule has 1 aromatic heterocycles. The summed E-state index contributed by atoms with van der Waals surface area (Å²) in [6.07, 6.45) is 0.498. The first kappa shape index (κ1) is 19.3. The number of aryl methyl sites for hydroxylation is 1. The smallest absolute Gasteiger partial charge is 0.414 e. The van der Waals surface area contributed by atoms with Gasteiger partial charge >= 0.3 is 6.09 Å². The number of thiophene rings is 1. The van der Waals surface area contributed by atoms with Gasteiger partial charge in [0.15, 0.2) is 5.06 Å². The van der Waals surface area contributed by atoms with Gasteiger partial charge < -0.3 is 19.3 Å². The second-order valence-electron chi connectivity index (χ2n) is 6.39. The molecule has 6 heteroatoms. The van der Waals surface area contributed by atoms with Crippen molar-refractivity contribution in [3.8, 4) is 10.8 Å². The Hall–Kier alpha value is -2.05. The molecule has 2 aromatic rings. The number of hydrogen-bond acceptors (Lipinski definition) is 5. The number of hydrogen-bond donors (Lipinski definition) is 0. The molecule has 5 nitrogen and oxygen atoms in total. The van der Waals surface area contributed by atoms with Crippen LogP contribution in [0.5, 0.6) is 10.8 Å². The Morgan fingerprint density at radius 3 is 2.36 bits per heavy atom. The van der Waals surface area contributed by atoms with Gasteiger partial charge in [-0.15, -0.1) is 11.3 Å². The minimum Gasteiger partial charge on any atom is -0.484 e. The second kappa shape index (κ2) is 8.87. The molecule has 1 amide bonds. The van der Waals surface area contributed by atoms with Crippen LogP contribution in [-0.2, 0) is 0 Å². The van der Waals surface area contributed by atoms with Gasteiger partial charge in [-0.1, -0.05) is 12.1 Å². The molecule has 0 radical (unpaired) electrons. The third-order valence-corrected chi connectivity index (χ3v) is 4.76. The Balaban J connectivity index is 1.95. The normalized spacial score (nSPS) is 12.1. The predicted molar refractivity (Wildman–Crippen MR) is 102 cm³/mol. The van der Waals surface area contributed by atoms with Crippen LogP contribution in [0.3, 0.4) is 0 Å². The highest BCUT2D eigenvalue weighted by Crippen LogP contribution is 2.26. The first-order valence-electron chi connectivity index (χ1n) is 8.20. The summed E-state index contributed by atoms with van der Waals surface area (Å²) in [4.78, 5) is 15.2. The predicted octanol–water partition coefficient (Wildman–Crippen LogP) is 4.19. The Morgan fingerprint density at radius 2 is 1.84 bits per heavy atom. The monoisotopic (exact) mass is 362 g/mol. The summed E-state index contributed by atoms with van der Waals surface area (Å²) in [6, 6.07) is 9.95. The van der Waals surface area contributed by atoms with Crippen molar-refractivity contribution in [3.05, 3.63) is 46.8 Å². The fourth-order valence-corrected chi connectivity index (χ4v) is 3.20. The van der Waals surface area contributed by atoms with Crippen LogP contribution in [0, 0.1) is 6.92 Å². The van der Waals surface area contributed by atoms with Crippen molar-refractivity contribution in [2.24, 2.45) is 0 Å². The van der Waals surface area contributed by atoms with Crippen molar-refractivity contribution in [2.75, 3.05) is 34.8 Å². The summed E-state index contributed by atoms with van der Waals surface area (Å²) in [5, 5.41) is 3.05. The maximum absolute atomic E-state index is 11.6. The third-order valence-electron chi connectivity index (χ3n) is 3.80. The molecular formula is C19H26N2O3S. The van der Waals surface area contributed by atoms with E-state index >= 15 is 0 Å². The van der Waals surface area contributed by atoms with Crippen molar-refractivity contribution in [1.29, 1.82) is 0 Å². The molecule has 0 N–H and O–H groups in total. The molecule has 0 saturated heterocycles. The van der Waals surface area contributed by atoms with Gasteiger partial charge in [-0.05, 0) is 55.7 Å². The lowest BCUT2D eigenvalue weighted by atomic mass is 10.0. The van der Waals surface area contributed by atoms with Gasteiger partial charge in [-0.2, -0.15) is 0 Å². The second-order valence-corrected chi connectivity index (χ2v) is 7.26. The van der Waals surface area contributed by atoms with Crippen LogP contribution >= 0.6 is 11.3 Å². The lowest BCUT2D eigenvalue weighted by molar-refractivity contribution is 0.172. The maximum atomic E-state index is 11.6. The molecule has 1 atom stereocenters. The number of benzene rings is 1. The number of rotatable bonds is 7. The first-order chi connectivity index (χ1) is 11.9. The summed E-state index contributed by atoms with van der Waals surface area (Å²) in [5.74, 6) is 0.547. The van der Waals surface area contributed by atoms with E-state index < -0.39 is 0 Å². The largest absolute Gasteiger partial charge is 0.484 e. The van der Waals surface area contributed by atoms with E-state index in [-0.39, 0.29) is 12.1 Å². The number of amides is 1. The van der Waals surface area contributed by atoms with Crippen LogP contribution in [0.2, 0.25) is 0 Å². The average molecular weight is 362 g/mol. The molecule has 0 aliphatic rings. The molecule has 0 saturated carbocycles. The van der Waals surface area contributed by atoms with Crippen molar-refractivity contribution in [2.45, 2.75) is 19.4 Å². The fraction of sp³-hybridized carbons (Fsp3) is 0.421. The highest BCUT2D eigenvalue weighted by atomic mass is 32.1. The minimum atomic E-state index is -0.378. The van der Waals surface area contributed by atoms with Gasteiger partial charge in [-0.3, -0.25) is 0 Å². The fourth-order valence-electron chi connectivity index (χ4n) is 2.42. The molecule has 25 heavy (non-hydrogen) atoms. The van der Waals surface area contributed by atoms with E-state index in [2.05, 4.69) is 37.4 Å². The Morgan fingerprint density at radius 1 is 1.16 bits per heavy atom. The molecule has 0 aliphatic heterocycles. The van der Waals surface area contributed by atoms with Gasteiger partial charge in [0.1, 0.15) is 5.75 Å².